The van der Waals surface area contributed by atoms with Gasteiger partial charge in [0, 0.05) is 25.4 Å². The second-order valence-corrected chi connectivity index (χ2v) is 10.7. The molecule has 0 bridgehead atoms. The number of hydrogen-bond donors (Lipinski definition) is 0. The molecule has 1 heterocycles. The van der Waals surface area contributed by atoms with Crippen molar-refractivity contribution in [2.45, 2.75) is 51.0 Å². The Labute approximate surface area is 172 Å². The Morgan fingerprint density at radius 2 is 1.83 bits per heavy atom. The maximum absolute atomic E-state index is 12.6. The van der Waals surface area contributed by atoms with Crippen LogP contribution in [0.4, 0.5) is 4.79 Å². The zero-order valence-electron chi connectivity index (χ0n) is 17.4. The predicted octanol–water partition coefficient (Wildman–Crippen LogP) is 3.16. The van der Waals surface area contributed by atoms with Crippen LogP contribution in [0, 0.1) is 24.7 Å². The van der Waals surface area contributed by atoms with E-state index in [1.54, 1.807) is 37.8 Å². The second kappa shape index (κ2) is 8.07. The van der Waals surface area contributed by atoms with E-state index in [1.807, 2.05) is 6.92 Å². The molecule has 1 amide bonds. The van der Waals surface area contributed by atoms with Crippen LogP contribution in [-0.2, 0) is 23.8 Å². The first-order valence-corrected chi connectivity index (χ1v) is 11.3. The average molecular weight is 424 g/mol. The van der Waals surface area contributed by atoms with Gasteiger partial charge in [0.2, 0.25) is 0 Å². The molecular weight excluding hydrogens is 394 g/mol. The van der Waals surface area contributed by atoms with Crippen molar-refractivity contribution >= 4 is 22.0 Å². The zero-order valence-corrected chi connectivity index (χ0v) is 18.2. The van der Waals surface area contributed by atoms with E-state index in [1.165, 1.54) is 12.1 Å². The number of likely N-dealkylation sites (tertiary alicyclic amines) is 1. The SMILES string of the molecule is Cc1ccc(S(=O)(=O)OC[C@H]2CC(=O)[C@@H]3CN(C(=O)OC(C)(C)C)C[C@@H]3C2)cc1. The van der Waals surface area contributed by atoms with Gasteiger partial charge in [-0.15, -0.1) is 0 Å². The molecule has 3 atom stereocenters. The lowest BCUT2D eigenvalue weighted by molar-refractivity contribution is -0.127. The van der Waals surface area contributed by atoms with Crippen LogP contribution in [0.15, 0.2) is 29.2 Å². The van der Waals surface area contributed by atoms with E-state index in [-0.39, 0.29) is 41.5 Å². The minimum Gasteiger partial charge on any atom is -0.444 e. The molecule has 0 N–H and O–H groups in total. The van der Waals surface area contributed by atoms with Gasteiger partial charge in [0.05, 0.1) is 11.5 Å². The van der Waals surface area contributed by atoms with E-state index in [2.05, 4.69) is 0 Å². The van der Waals surface area contributed by atoms with Gasteiger partial charge < -0.3 is 9.64 Å². The number of aryl methyl sites for hydroxylation is 1. The fourth-order valence-corrected chi connectivity index (χ4v) is 4.96. The normalized spacial score (nSPS) is 25.0. The van der Waals surface area contributed by atoms with E-state index in [9.17, 15) is 18.0 Å². The first-order valence-electron chi connectivity index (χ1n) is 9.91. The van der Waals surface area contributed by atoms with Crippen molar-refractivity contribution in [3.8, 4) is 0 Å². The van der Waals surface area contributed by atoms with Gasteiger partial charge >= 0.3 is 6.09 Å². The number of carbonyl (C=O) groups excluding carboxylic acids is 2. The Kier molecular flexibility index (Phi) is 6.06. The highest BCUT2D eigenvalue weighted by Gasteiger charge is 2.45. The van der Waals surface area contributed by atoms with Crippen LogP contribution in [0.1, 0.15) is 39.2 Å². The summed E-state index contributed by atoms with van der Waals surface area (Å²) in [6, 6.07) is 6.47. The van der Waals surface area contributed by atoms with Crippen molar-refractivity contribution in [1.29, 1.82) is 0 Å². The molecule has 1 aromatic carbocycles. The molecule has 7 nitrogen and oxygen atoms in total. The standard InChI is InChI=1S/C21H29NO6S/c1-14-5-7-17(8-6-14)29(25,26)27-13-15-9-16-11-22(12-18(16)19(23)10-15)20(24)28-21(2,3)4/h5-8,15-16,18H,9-13H2,1-4H3/t15-,16+,18-/m1/s1. The number of Topliss-reactive ketones (excluding diaryl/α,β-unsaturated/α-hetero) is 1. The minimum absolute atomic E-state index is 0.0134. The molecule has 29 heavy (non-hydrogen) atoms. The molecule has 1 saturated heterocycles. The van der Waals surface area contributed by atoms with E-state index >= 15 is 0 Å². The Bertz CT molecular complexity index is 871. The van der Waals surface area contributed by atoms with Gasteiger partial charge in [0.25, 0.3) is 10.1 Å². The summed E-state index contributed by atoms with van der Waals surface area (Å²) in [5.41, 5.74) is 0.374. The molecule has 0 spiro atoms. The fraction of sp³-hybridized carbons (Fsp3) is 0.619. The summed E-state index contributed by atoms with van der Waals surface area (Å²) in [7, 11) is -3.86. The first kappa shape index (κ1) is 21.8. The lowest BCUT2D eigenvalue weighted by atomic mass is 9.75. The summed E-state index contributed by atoms with van der Waals surface area (Å²) in [6.07, 6.45) is 0.515. The van der Waals surface area contributed by atoms with Crippen LogP contribution in [0.3, 0.4) is 0 Å². The van der Waals surface area contributed by atoms with Gasteiger partial charge in [-0.05, 0) is 58.1 Å². The molecular formula is C21H29NO6S. The molecule has 0 radical (unpaired) electrons. The Morgan fingerprint density at radius 3 is 2.45 bits per heavy atom. The van der Waals surface area contributed by atoms with Gasteiger partial charge in [-0.2, -0.15) is 8.42 Å². The molecule has 2 aliphatic rings. The third-order valence-electron chi connectivity index (χ3n) is 5.40. The van der Waals surface area contributed by atoms with Crippen molar-refractivity contribution in [2.75, 3.05) is 19.7 Å². The number of nitrogens with zero attached hydrogens (tertiary/aromatic N) is 1. The van der Waals surface area contributed by atoms with Crippen molar-refractivity contribution in [3.05, 3.63) is 29.8 Å². The number of ketones is 1. The Hall–Kier alpha value is -1.93. The number of amides is 1. The highest BCUT2D eigenvalue weighted by molar-refractivity contribution is 7.86. The quantitative estimate of drug-likeness (QED) is 0.691. The third-order valence-corrected chi connectivity index (χ3v) is 6.70. The summed E-state index contributed by atoms with van der Waals surface area (Å²) < 4.78 is 35.4. The van der Waals surface area contributed by atoms with E-state index in [0.29, 0.717) is 19.5 Å². The third kappa shape index (κ3) is 5.36. The van der Waals surface area contributed by atoms with E-state index in [0.717, 1.165) is 5.56 Å². The number of ether oxygens (including phenoxy) is 1. The van der Waals surface area contributed by atoms with Crippen LogP contribution in [0.5, 0.6) is 0 Å². The summed E-state index contributed by atoms with van der Waals surface area (Å²) >= 11 is 0. The van der Waals surface area contributed by atoms with Gasteiger partial charge in [-0.3, -0.25) is 8.98 Å². The molecule has 8 heteroatoms. The number of hydrogen-bond acceptors (Lipinski definition) is 6. The van der Waals surface area contributed by atoms with Crippen LogP contribution < -0.4 is 0 Å². The van der Waals surface area contributed by atoms with Crippen LogP contribution >= 0.6 is 0 Å². The Morgan fingerprint density at radius 1 is 1.17 bits per heavy atom. The molecule has 0 aromatic heterocycles. The summed E-state index contributed by atoms with van der Waals surface area (Å²) in [4.78, 5) is 26.6. The topological polar surface area (TPSA) is 90.0 Å². The first-order chi connectivity index (χ1) is 13.4. The number of carbonyl (C=O) groups is 2. The van der Waals surface area contributed by atoms with Crippen molar-refractivity contribution < 1.29 is 26.9 Å². The van der Waals surface area contributed by atoms with Crippen molar-refractivity contribution in [1.82, 2.24) is 4.90 Å². The number of rotatable bonds is 4. The molecule has 0 unspecified atom stereocenters. The molecule has 3 rings (SSSR count). The fourth-order valence-electron chi connectivity index (χ4n) is 3.98. The van der Waals surface area contributed by atoms with Crippen LogP contribution in [0.2, 0.25) is 0 Å². The monoisotopic (exact) mass is 423 g/mol. The minimum atomic E-state index is -3.86. The highest BCUT2D eigenvalue weighted by atomic mass is 32.2. The lowest BCUT2D eigenvalue weighted by Crippen LogP contribution is -2.36. The van der Waals surface area contributed by atoms with Gasteiger partial charge in [0.15, 0.2) is 0 Å². The zero-order chi connectivity index (χ0) is 21.4. The number of benzene rings is 1. The predicted molar refractivity (Wildman–Crippen MR) is 107 cm³/mol. The molecule has 160 valence electrons. The lowest BCUT2D eigenvalue weighted by Gasteiger charge is -2.29. The largest absolute Gasteiger partial charge is 0.444 e. The average Bonchev–Trinajstić information content (AvgIpc) is 3.04. The molecule has 1 saturated carbocycles. The summed E-state index contributed by atoms with van der Waals surface area (Å²) in [6.45, 7) is 8.09. The molecule has 2 fully saturated rings. The van der Waals surface area contributed by atoms with Crippen LogP contribution in [0.25, 0.3) is 0 Å². The highest BCUT2D eigenvalue weighted by Crippen LogP contribution is 2.38. The van der Waals surface area contributed by atoms with Crippen molar-refractivity contribution in [2.24, 2.45) is 17.8 Å². The molecule has 1 aliphatic carbocycles. The second-order valence-electron chi connectivity index (χ2n) is 9.08. The van der Waals surface area contributed by atoms with E-state index < -0.39 is 21.8 Å². The molecule has 1 aliphatic heterocycles. The van der Waals surface area contributed by atoms with Crippen molar-refractivity contribution in [3.63, 3.8) is 0 Å². The Balaban J connectivity index is 1.59. The van der Waals surface area contributed by atoms with E-state index in [4.69, 9.17) is 8.92 Å². The van der Waals surface area contributed by atoms with Crippen LogP contribution in [-0.4, -0.2) is 50.5 Å². The number of fused-ring (bicyclic) bond motifs is 1. The van der Waals surface area contributed by atoms with Gasteiger partial charge in [-0.1, -0.05) is 17.7 Å². The molecule has 1 aromatic rings. The smallest absolute Gasteiger partial charge is 0.410 e. The summed E-state index contributed by atoms with van der Waals surface area (Å²) in [5.74, 6) is -0.303. The maximum atomic E-state index is 12.6. The van der Waals surface area contributed by atoms with Gasteiger partial charge in [-0.25, -0.2) is 4.79 Å². The van der Waals surface area contributed by atoms with Gasteiger partial charge in [0.1, 0.15) is 11.4 Å². The maximum Gasteiger partial charge on any atom is 0.410 e. The summed E-state index contributed by atoms with van der Waals surface area (Å²) in [5, 5.41) is 0.